The van der Waals surface area contributed by atoms with Crippen LogP contribution in [-0.4, -0.2) is 91.8 Å². The van der Waals surface area contributed by atoms with Gasteiger partial charge >= 0.3 is 16.3 Å². The molecule has 0 spiro atoms. The number of nitrogens with zero attached hydrogens (tertiary/aromatic N) is 6. The molecular weight excluding hydrogens is 626 g/mol. The van der Waals surface area contributed by atoms with Crippen molar-refractivity contribution in [3.05, 3.63) is 47.1 Å². The molecule has 1 aromatic heterocycles. The van der Waals surface area contributed by atoms with Crippen LogP contribution in [0.5, 0.6) is 5.75 Å². The van der Waals surface area contributed by atoms with Gasteiger partial charge < -0.3 is 20.3 Å². The number of amidine groups is 2. The third-order valence-electron chi connectivity index (χ3n) is 8.59. The molecule has 1 aromatic carbocycles. The van der Waals surface area contributed by atoms with E-state index in [0.29, 0.717) is 28.6 Å². The van der Waals surface area contributed by atoms with Gasteiger partial charge in [0.1, 0.15) is 11.6 Å². The molecule has 2 saturated heterocycles. The Morgan fingerprint density at radius 1 is 1.04 bits per heavy atom. The minimum atomic E-state index is -3.91. The number of rotatable bonds is 9. The Morgan fingerprint density at radius 3 is 2.40 bits per heavy atom. The molecule has 2 N–H and O–H groups in total. The molecule has 11 nitrogen and oxygen atoms in total. The van der Waals surface area contributed by atoms with Crippen LogP contribution in [0.4, 0.5) is 20.3 Å². The first kappa shape index (κ1) is 31.9. The first-order valence-electron chi connectivity index (χ1n) is 15.5. The highest BCUT2D eigenvalue weighted by atomic mass is 35.5. The average Bonchev–Trinajstić information content (AvgIpc) is 3.76. The number of nitrogens with one attached hydrogen (secondary N) is 2. The van der Waals surface area contributed by atoms with Crippen LogP contribution in [0.1, 0.15) is 51.5 Å². The fraction of sp³-hybridized carbons (Fsp3) is 0.567. The summed E-state index contributed by atoms with van der Waals surface area (Å²) in [5, 5.41) is 6.60. The van der Waals surface area contributed by atoms with Crippen LogP contribution in [0.2, 0.25) is 5.02 Å². The summed E-state index contributed by atoms with van der Waals surface area (Å²) in [5.41, 5.74) is 1.62. The average molecular weight is 665 g/mol. The standard InChI is InChI=1S/C30H39ClF2N8O3S/c1-3-23-19-40(29-26(31)16-22(17-34-29)36-28-27(35-21-6-7-21)37-45(42,43)38-28)14-15-41(23)24-10-12-39(13-11-24)18-20-4-8-25(9-5-20)44-30(2,32)33/h4-5,8-9,16-17,21,23-24H,3,6-7,10-15,18-19H2,1-2H3,(H,35,37)(H,36,38)/t23-/m0/s1. The Balaban J connectivity index is 1.01. The number of hydrogen-bond donors (Lipinski definition) is 2. The van der Waals surface area contributed by atoms with E-state index in [9.17, 15) is 17.2 Å². The number of piperidine rings is 1. The van der Waals surface area contributed by atoms with Crippen molar-refractivity contribution in [2.45, 2.75) is 76.7 Å². The van der Waals surface area contributed by atoms with Crippen LogP contribution >= 0.6 is 11.6 Å². The maximum Gasteiger partial charge on any atom is 0.394 e. The summed E-state index contributed by atoms with van der Waals surface area (Å²) in [4.78, 5) is 11.9. The fourth-order valence-corrected chi connectivity index (χ4v) is 7.31. The second-order valence-electron chi connectivity index (χ2n) is 12.2. The molecule has 45 heavy (non-hydrogen) atoms. The molecule has 244 valence electrons. The highest BCUT2D eigenvalue weighted by Gasteiger charge is 2.35. The molecule has 0 amide bonds. The van der Waals surface area contributed by atoms with Crippen molar-refractivity contribution in [2.24, 2.45) is 8.80 Å². The van der Waals surface area contributed by atoms with Crippen LogP contribution in [-0.2, 0) is 16.8 Å². The molecule has 2 aromatic rings. The van der Waals surface area contributed by atoms with Gasteiger partial charge in [-0.05, 0) is 69.0 Å². The lowest BCUT2D eigenvalue weighted by Crippen LogP contribution is -2.58. The van der Waals surface area contributed by atoms with E-state index in [1.54, 1.807) is 24.4 Å². The molecular formula is C30H39ClF2N8O3S. The summed E-state index contributed by atoms with van der Waals surface area (Å²) in [6.07, 6.45) is 3.54. The summed E-state index contributed by atoms with van der Waals surface area (Å²) < 4.78 is 62.3. The molecule has 1 saturated carbocycles. The quantitative estimate of drug-likeness (QED) is 0.400. The Hall–Kier alpha value is -3.07. The van der Waals surface area contributed by atoms with Crippen LogP contribution < -0.4 is 20.3 Å². The highest BCUT2D eigenvalue weighted by molar-refractivity contribution is 7.89. The van der Waals surface area contributed by atoms with Crippen LogP contribution in [0.25, 0.3) is 0 Å². The van der Waals surface area contributed by atoms with E-state index >= 15 is 0 Å². The van der Waals surface area contributed by atoms with E-state index in [4.69, 9.17) is 11.6 Å². The number of aromatic nitrogens is 1. The van der Waals surface area contributed by atoms with Crippen LogP contribution in [0, 0.1) is 0 Å². The number of likely N-dealkylation sites (tertiary alicyclic amines) is 1. The second-order valence-corrected chi connectivity index (χ2v) is 13.9. The monoisotopic (exact) mass is 664 g/mol. The SMILES string of the molecule is CC[C@H]1CN(c2ncc(NC3=NS(=O)(=O)N=C3NC3CC3)cc2Cl)CCN1C1CCN(Cc2ccc(OC(C)(F)F)cc2)CC1. The van der Waals surface area contributed by atoms with Crippen LogP contribution in [0.15, 0.2) is 45.3 Å². The Morgan fingerprint density at radius 2 is 1.76 bits per heavy atom. The van der Waals surface area contributed by atoms with Gasteiger partial charge in [-0.1, -0.05) is 30.7 Å². The lowest BCUT2D eigenvalue weighted by atomic mass is 9.98. The number of anilines is 2. The summed E-state index contributed by atoms with van der Waals surface area (Å²) in [6, 6.07) is 9.73. The summed E-state index contributed by atoms with van der Waals surface area (Å²) in [6.45, 7) is 8.21. The number of hydrogen-bond acceptors (Lipinski definition) is 9. The van der Waals surface area contributed by atoms with Crippen molar-refractivity contribution in [1.82, 2.24) is 20.1 Å². The van der Waals surface area contributed by atoms with Gasteiger partial charge in [0.25, 0.3) is 0 Å². The van der Waals surface area contributed by atoms with Crippen molar-refractivity contribution < 1.29 is 21.9 Å². The van der Waals surface area contributed by atoms with Crippen molar-refractivity contribution in [1.29, 1.82) is 0 Å². The van der Waals surface area contributed by atoms with E-state index in [0.717, 1.165) is 83.9 Å². The first-order chi connectivity index (χ1) is 21.4. The molecule has 15 heteroatoms. The Labute approximate surface area is 267 Å². The van der Waals surface area contributed by atoms with Gasteiger partial charge in [0, 0.05) is 51.2 Å². The molecule has 0 unspecified atom stereocenters. The van der Waals surface area contributed by atoms with Gasteiger partial charge in [-0.3, -0.25) is 9.80 Å². The summed E-state index contributed by atoms with van der Waals surface area (Å²) in [7, 11) is -3.91. The second kappa shape index (κ2) is 13.0. The number of piperazine rings is 1. The van der Waals surface area contributed by atoms with E-state index in [-0.39, 0.29) is 23.5 Å². The van der Waals surface area contributed by atoms with Gasteiger partial charge in [-0.15, -0.1) is 8.80 Å². The lowest BCUT2D eigenvalue weighted by molar-refractivity contribution is -0.158. The maximum atomic E-state index is 13.1. The predicted molar refractivity (Wildman–Crippen MR) is 172 cm³/mol. The van der Waals surface area contributed by atoms with E-state index < -0.39 is 16.3 Å². The zero-order valence-corrected chi connectivity index (χ0v) is 27.0. The molecule has 4 heterocycles. The van der Waals surface area contributed by atoms with E-state index in [1.165, 1.54) is 0 Å². The molecule has 1 aliphatic carbocycles. The normalized spacial score (nSPS) is 23.0. The van der Waals surface area contributed by atoms with Gasteiger partial charge in [-0.25, -0.2) is 4.98 Å². The zero-order chi connectivity index (χ0) is 31.8. The fourth-order valence-electron chi connectivity index (χ4n) is 6.25. The topological polar surface area (TPSA) is 115 Å². The molecule has 0 radical (unpaired) electrons. The third-order valence-corrected chi connectivity index (χ3v) is 9.70. The zero-order valence-electron chi connectivity index (χ0n) is 25.4. The van der Waals surface area contributed by atoms with Crippen LogP contribution in [0.3, 0.4) is 0 Å². The number of pyridine rings is 1. The number of ether oxygens (including phenoxy) is 1. The minimum absolute atomic E-state index is 0.144. The lowest BCUT2D eigenvalue weighted by Gasteiger charge is -2.47. The van der Waals surface area contributed by atoms with Crippen molar-refractivity contribution >= 4 is 45.0 Å². The minimum Gasteiger partial charge on any atom is -0.433 e. The highest BCUT2D eigenvalue weighted by Crippen LogP contribution is 2.31. The molecule has 3 aliphatic heterocycles. The molecule has 1 atom stereocenters. The van der Waals surface area contributed by atoms with Crippen molar-refractivity contribution in [3.63, 3.8) is 0 Å². The Bertz CT molecular complexity index is 1540. The molecule has 6 rings (SSSR count). The van der Waals surface area contributed by atoms with E-state index in [1.807, 2.05) is 12.1 Å². The van der Waals surface area contributed by atoms with Crippen molar-refractivity contribution in [3.8, 4) is 5.75 Å². The first-order valence-corrected chi connectivity index (χ1v) is 17.3. The number of benzene rings is 1. The van der Waals surface area contributed by atoms with Gasteiger partial charge in [0.2, 0.25) is 0 Å². The molecule has 4 aliphatic rings. The third kappa shape index (κ3) is 8.21. The van der Waals surface area contributed by atoms with Gasteiger partial charge in [0.05, 0.1) is 16.9 Å². The summed E-state index contributed by atoms with van der Waals surface area (Å²) in [5.74, 6) is 1.24. The maximum absolute atomic E-state index is 13.1. The number of alkyl halides is 2. The van der Waals surface area contributed by atoms with Gasteiger partial charge in [0.15, 0.2) is 11.7 Å². The predicted octanol–water partition coefficient (Wildman–Crippen LogP) is 4.51. The van der Waals surface area contributed by atoms with E-state index in [2.05, 4.69) is 50.8 Å². The number of halogens is 3. The molecule has 3 fully saturated rings. The molecule has 0 bridgehead atoms. The van der Waals surface area contributed by atoms with Gasteiger partial charge in [-0.2, -0.15) is 17.2 Å². The Kier molecular flexibility index (Phi) is 9.19. The summed E-state index contributed by atoms with van der Waals surface area (Å²) >= 11 is 6.72. The smallest absolute Gasteiger partial charge is 0.394 e. The largest absolute Gasteiger partial charge is 0.433 e. The van der Waals surface area contributed by atoms with Crippen molar-refractivity contribution in [2.75, 3.05) is 42.9 Å².